The van der Waals surface area contributed by atoms with Gasteiger partial charge in [0, 0.05) is 18.4 Å². The van der Waals surface area contributed by atoms with Crippen LogP contribution >= 0.6 is 0 Å². The van der Waals surface area contributed by atoms with Crippen LogP contribution in [0, 0.1) is 20.8 Å². The Morgan fingerprint density at radius 2 is 1.76 bits per heavy atom. The Kier molecular flexibility index (Phi) is 2.98. The van der Waals surface area contributed by atoms with Crippen molar-refractivity contribution in [1.29, 1.82) is 0 Å². The first kappa shape index (κ1) is 11.8. The number of aryl methyl sites for hydroxylation is 3. The minimum atomic E-state index is -0.651. The van der Waals surface area contributed by atoms with Crippen LogP contribution in [0.2, 0.25) is 0 Å². The zero-order valence-corrected chi connectivity index (χ0v) is 10.6. The van der Waals surface area contributed by atoms with Crippen molar-refractivity contribution in [3.05, 3.63) is 46.8 Å². The highest BCUT2D eigenvalue weighted by atomic mass is 16.3. The number of nitrogens with zero attached hydrogens (tertiary/aromatic N) is 3. The SMILES string of the molecule is Cc1cc(C(O)c2cnc(C)n2C)cc(C)n1. The van der Waals surface area contributed by atoms with Gasteiger partial charge < -0.3 is 9.67 Å². The van der Waals surface area contributed by atoms with Gasteiger partial charge >= 0.3 is 0 Å². The molecule has 0 saturated carbocycles. The van der Waals surface area contributed by atoms with Crippen LogP contribution in [0.3, 0.4) is 0 Å². The van der Waals surface area contributed by atoms with Gasteiger partial charge in [0.1, 0.15) is 11.9 Å². The third kappa shape index (κ3) is 2.22. The minimum absolute atomic E-state index is 0.651. The largest absolute Gasteiger partial charge is 0.382 e. The first-order chi connectivity index (χ1) is 7.99. The van der Waals surface area contributed by atoms with Crippen molar-refractivity contribution >= 4 is 0 Å². The van der Waals surface area contributed by atoms with Crippen molar-refractivity contribution in [2.45, 2.75) is 26.9 Å². The summed E-state index contributed by atoms with van der Waals surface area (Å²) in [4.78, 5) is 8.50. The number of pyridine rings is 1. The molecule has 2 aromatic heterocycles. The van der Waals surface area contributed by atoms with Gasteiger partial charge in [0.2, 0.25) is 0 Å². The van der Waals surface area contributed by atoms with E-state index in [0.717, 1.165) is 28.5 Å². The average molecular weight is 231 g/mol. The summed E-state index contributed by atoms with van der Waals surface area (Å²) in [6.45, 7) is 5.77. The normalized spacial score (nSPS) is 12.8. The predicted molar refractivity (Wildman–Crippen MR) is 65.7 cm³/mol. The molecule has 0 bridgehead atoms. The molecule has 0 amide bonds. The lowest BCUT2D eigenvalue weighted by Gasteiger charge is -2.13. The second kappa shape index (κ2) is 4.30. The summed E-state index contributed by atoms with van der Waals surface area (Å²) in [5.74, 6) is 0.890. The van der Waals surface area contributed by atoms with E-state index in [0.29, 0.717) is 0 Å². The number of imidazole rings is 1. The van der Waals surface area contributed by atoms with E-state index in [1.807, 2.05) is 44.5 Å². The van der Waals surface area contributed by atoms with Crippen LogP contribution < -0.4 is 0 Å². The van der Waals surface area contributed by atoms with Gasteiger partial charge in [-0.1, -0.05) is 0 Å². The van der Waals surface area contributed by atoms with E-state index >= 15 is 0 Å². The van der Waals surface area contributed by atoms with Gasteiger partial charge in [-0.2, -0.15) is 0 Å². The van der Waals surface area contributed by atoms with Crippen LogP contribution in [0.4, 0.5) is 0 Å². The number of hydrogen-bond acceptors (Lipinski definition) is 3. The quantitative estimate of drug-likeness (QED) is 0.857. The van der Waals surface area contributed by atoms with E-state index < -0.39 is 6.10 Å². The molecule has 4 heteroatoms. The molecule has 2 rings (SSSR count). The third-order valence-corrected chi connectivity index (χ3v) is 2.96. The third-order valence-electron chi connectivity index (χ3n) is 2.96. The Morgan fingerprint density at radius 1 is 1.18 bits per heavy atom. The highest BCUT2D eigenvalue weighted by Crippen LogP contribution is 2.22. The Bertz CT molecular complexity index is 525. The van der Waals surface area contributed by atoms with Crippen LogP contribution in [0.15, 0.2) is 18.3 Å². The maximum Gasteiger partial charge on any atom is 0.121 e. The molecule has 0 radical (unpaired) electrons. The van der Waals surface area contributed by atoms with Crippen molar-refractivity contribution in [3.8, 4) is 0 Å². The number of rotatable bonds is 2. The fourth-order valence-electron chi connectivity index (χ4n) is 1.97. The predicted octanol–water partition coefficient (Wildman–Crippen LogP) is 1.82. The van der Waals surface area contributed by atoms with Gasteiger partial charge in [0.25, 0.3) is 0 Å². The summed E-state index contributed by atoms with van der Waals surface area (Å²) in [6, 6.07) is 3.81. The lowest BCUT2D eigenvalue weighted by atomic mass is 10.1. The molecule has 0 saturated heterocycles. The van der Waals surface area contributed by atoms with Gasteiger partial charge in [0.15, 0.2) is 0 Å². The van der Waals surface area contributed by atoms with Crippen LogP contribution in [-0.4, -0.2) is 19.6 Å². The van der Waals surface area contributed by atoms with E-state index in [9.17, 15) is 5.11 Å². The molecule has 0 aromatic carbocycles. The summed E-state index contributed by atoms with van der Waals surface area (Å²) < 4.78 is 1.90. The Morgan fingerprint density at radius 3 is 2.24 bits per heavy atom. The van der Waals surface area contributed by atoms with Crippen molar-refractivity contribution < 1.29 is 5.11 Å². The smallest absolute Gasteiger partial charge is 0.121 e. The number of hydrogen-bond donors (Lipinski definition) is 1. The number of aliphatic hydroxyl groups excluding tert-OH is 1. The highest BCUT2D eigenvalue weighted by molar-refractivity contribution is 5.28. The van der Waals surface area contributed by atoms with E-state index in [4.69, 9.17) is 0 Å². The van der Waals surface area contributed by atoms with Crippen molar-refractivity contribution in [2.75, 3.05) is 0 Å². The molecule has 17 heavy (non-hydrogen) atoms. The highest BCUT2D eigenvalue weighted by Gasteiger charge is 2.16. The summed E-state index contributed by atoms with van der Waals surface area (Å²) in [6.07, 6.45) is 1.06. The summed E-state index contributed by atoms with van der Waals surface area (Å²) in [7, 11) is 1.90. The maximum atomic E-state index is 10.3. The molecule has 0 aliphatic carbocycles. The van der Waals surface area contributed by atoms with Crippen LogP contribution in [-0.2, 0) is 7.05 Å². The molecule has 4 nitrogen and oxygen atoms in total. The molecule has 2 aromatic rings. The number of aliphatic hydroxyl groups is 1. The van der Waals surface area contributed by atoms with Crippen LogP contribution in [0.25, 0.3) is 0 Å². The Hall–Kier alpha value is -1.68. The fraction of sp³-hybridized carbons (Fsp3) is 0.385. The van der Waals surface area contributed by atoms with Gasteiger partial charge in [-0.3, -0.25) is 4.98 Å². The Balaban J connectivity index is 2.43. The van der Waals surface area contributed by atoms with E-state index in [-0.39, 0.29) is 0 Å². The second-order valence-electron chi connectivity index (χ2n) is 4.38. The summed E-state index contributed by atoms with van der Waals surface area (Å²) in [5, 5.41) is 10.3. The molecule has 0 fully saturated rings. The van der Waals surface area contributed by atoms with Gasteiger partial charge in [-0.15, -0.1) is 0 Å². The first-order valence-electron chi connectivity index (χ1n) is 5.60. The standard InChI is InChI=1S/C13H17N3O/c1-8-5-11(6-9(2)15-8)13(17)12-7-14-10(3)16(12)4/h5-7,13,17H,1-4H3. The molecular formula is C13H17N3O. The molecular weight excluding hydrogens is 214 g/mol. The maximum absolute atomic E-state index is 10.3. The molecule has 0 spiro atoms. The van der Waals surface area contributed by atoms with Gasteiger partial charge in [0.05, 0.1) is 11.9 Å². The monoisotopic (exact) mass is 231 g/mol. The molecule has 2 heterocycles. The lowest BCUT2D eigenvalue weighted by molar-refractivity contribution is 0.211. The lowest BCUT2D eigenvalue weighted by Crippen LogP contribution is -2.07. The topological polar surface area (TPSA) is 50.9 Å². The fourth-order valence-corrected chi connectivity index (χ4v) is 1.97. The van der Waals surface area contributed by atoms with E-state index in [1.165, 1.54) is 0 Å². The zero-order valence-electron chi connectivity index (χ0n) is 10.6. The Labute approximate surface area is 101 Å². The van der Waals surface area contributed by atoms with Gasteiger partial charge in [-0.25, -0.2) is 4.98 Å². The molecule has 1 unspecified atom stereocenters. The van der Waals surface area contributed by atoms with Crippen molar-refractivity contribution in [3.63, 3.8) is 0 Å². The van der Waals surface area contributed by atoms with Gasteiger partial charge in [-0.05, 0) is 38.5 Å². The van der Waals surface area contributed by atoms with Crippen molar-refractivity contribution in [2.24, 2.45) is 7.05 Å². The number of aromatic nitrogens is 3. The molecule has 1 N–H and O–H groups in total. The van der Waals surface area contributed by atoms with Crippen LogP contribution in [0.1, 0.15) is 34.6 Å². The second-order valence-corrected chi connectivity index (χ2v) is 4.38. The summed E-state index contributed by atoms with van der Waals surface area (Å²) in [5.41, 5.74) is 3.49. The van der Waals surface area contributed by atoms with Crippen LogP contribution in [0.5, 0.6) is 0 Å². The molecule has 1 atom stereocenters. The molecule has 90 valence electrons. The minimum Gasteiger partial charge on any atom is -0.382 e. The van der Waals surface area contributed by atoms with E-state index in [2.05, 4.69) is 9.97 Å². The van der Waals surface area contributed by atoms with Crippen molar-refractivity contribution in [1.82, 2.24) is 14.5 Å². The first-order valence-corrected chi connectivity index (χ1v) is 5.60. The summed E-state index contributed by atoms with van der Waals surface area (Å²) >= 11 is 0. The zero-order chi connectivity index (χ0) is 12.6. The molecule has 0 aliphatic heterocycles. The molecule has 0 aliphatic rings. The average Bonchev–Trinajstić information content (AvgIpc) is 2.57. The van der Waals surface area contributed by atoms with E-state index in [1.54, 1.807) is 6.20 Å².